The average Bonchev–Trinajstić information content (AvgIpc) is 2.01. The van der Waals surface area contributed by atoms with Gasteiger partial charge in [0.1, 0.15) is 0 Å². The maximum Gasteiger partial charge on any atom is 0.0179 e. The molecule has 0 aliphatic carbocycles. The molecule has 0 aromatic rings. The van der Waals surface area contributed by atoms with Gasteiger partial charge in [-0.3, -0.25) is 0 Å². The van der Waals surface area contributed by atoms with Crippen LogP contribution in [0.3, 0.4) is 0 Å². The lowest BCUT2D eigenvalue weighted by Crippen LogP contribution is -2.04. The van der Waals surface area contributed by atoms with Gasteiger partial charge >= 0.3 is 0 Å². The molecule has 0 spiro atoms. The third kappa shape index (κ3) is 9.01. The summed E-state index contributed by atoms with van der Waals surface area (Å²) in [7, 11) is 3.97. The van der Waals surface area contributed by atoms with Crippen molar-refractivity contribution in [2.45, 2.75) is 52.2 Å². The lowest BCUT2D eigenvalue weighted by molar-refractivity contribution is 0.708. The van der Waals surface area contributed by atoms with Gasteiger partial charge in [0.05, 0.1) is 0 Å². The molecule has 84 valence electrons. The van der Waals surface area contributed by atoms with E-state index in [-0.39, 0.29) is 0 Å². The minimum atomic E-state index is 0.389. The van der Waals surface area contributed by atoms with E-state index >= 15 is 0 Å². The highest BCUT2D eigenvalue weighted by molar-refractivity contribution is 8.77. The van der Waals surface area contributed by atoms with Crippen LogP contribution in [0.25, 0.3) is 0 Å². The Morgan fingerprint density at radius 1 is 1.29 bits per heavy atom. The molecule has 0 saturated heterocycles. The first-order valence-corrected chi connectivity index (χ1v) is 7.63. The van der Waals surface area contributed by atoms with Crippen molar-refractivity contribution in [1.29, 1.82) is 0 Å². The monoisotopic (exact) mass is 232 g/mol. The Hall–Kier alpha value is 0.440. The van der Waals surface area contributed by atoms with Crippen molar-refractivity contribution >= 4 is 21.6 Å². The predicted octanol–water partition coefficient (Wildman–Crippen LogP) is 5.16. The van der Waals surface area contributed by atoms with E-state index in [9.17, 15) is 0 Å². The van der Waals surface area contributed by atoms with Gasteiger partial charge in [0.2, 0.25) is 0 Å². The van der Waals surface area contributed by atoms with Gasteiger partial charge in [-0.15, -0.1) is 0 Å². The van der Waals surface area contributed by atoms with Crippen molar-refractivity contribution in [1.82, 2.24) is 0 Å². The molecule has 0 heterocycles. The molecule has 14 heavy (non-hydrogen) atoms. The normalized spacial score (nSPS) is 12.1. The number of rotatable bonds is 6. The molecule has 0 nitrogen and oxygen atoms in total. The summed E-state index contributed by atoms with van der Waals surface area (Å²) in [5.74, 6) is 1.89. The van der Waals surface area contributed by atoms with Gasteiger partial charge in [-0.2, -0.15) is 0 Å². The van der Waals surface area contributed by atoms with Crippen molar-refractivity contribution in [3.63, 3.8) is 0 Å². The van der Waals surface area contributed by atoms with Crippen LogP contribution in [0.4, 0.5) is 0 Å². The Morgan fingerprint density at radius 3 is 2.29 bits per heavy atom. The van der Waals surface area contributed by atoms with Crippen LogP contribution in [-0.4, -0.2) is 10.5 Å². The predicted molar refractivity (Wildman–Crippen MR) is 73.0 cm³/mol. The average molecular weight is 232 g/mol. The summed E-state index contributed by atoms with van der Waals surface area (Å²) in [6.45, 7) is 15.3. The summed E-state index contributed by atoms with van der Waals surface area (Å²) in [4.78, 5) is 0. The minimum absolute atomic E-state index is 0.389. The largest absolute Gasteiger partial charge is 0.0996 e. The van der Waals surface area contributed by atoms with Crippen LogP contribution in [0, 0.1) is 5.92 Å². The lowest BCUT2D eigenvalue weighted by atomic mass is 10.0. The third-order valence-corrected chi connectivity index (χ3v) is 5.28. The molecular weight excluding hydrogens is 208 g/mol. The van der Waals surface area contributed by atoms with Crippen molar-refractivity contribution in [3.05, 3.63) is 12.2 Å². The van der Waals surface area contributed by atoms with E-state index in [1.165, 1.54) is 24.2 Å². The SMILES string of the molecule is C=C(CCCSSC(C)(C)C)C(C)C. The zero-order valence-corrected chi connectivity index (χ0v) is 11.9. The summed E-state index contributed by atoms with van der Waals surface area (Å²) in [6, 6.07) is 0. The second kappa shape index (κ2) is 6.84. The van der Waals surface area contributed by atoms with E-state index in [0.29, 0.717) is 10.7 Å². The Labute approximate surface area is 97.7 Å². The Morgan fingerprint density at radius 2 is 1.86 bits per heavy atom. The van der Waals surface area contributed by atoms with Crippen LogP contribution in [0.15, 0.2) is 12.2 Å². The van der Waals surface area contributed by atoms with Crippen LogP contribution in [-0.2, 0) is 0 Å². The van der Waals surface area contributed by atoms with E-state index < -0.39 is 0 Å². The van der Waals surface area contributed by atoms with E-state index in [2.05, 4.69) is 41.2 Å². The second-order valence-electron chi connectivity index (χ2n) is 4.93. The first-order chi connectivity index (χ1) is 6.33. The second-order valence-corrected chi connectivity index (χ2v) is 8.18. The van der Waals surface area contributed by atoms with Crippen LogP contribution in [0.5, 0.6) is 0 Å². The zero-order chi connectivity index (χ0) is 11.2. The van der Waals surface area contributed by atoms with Gasteiger partial charge in [-0.05, 0) is 18.8 Å². The smallest absolute Gasteiger partial charge is 0.0179 e. The third-order valence-electron chi connectivity index (χ3n) is 1.85. The van der Waals surface area contributed by atoms with Gasteiger partial charge in [0.25, 0.3) is 0 Å². The molecule has 0 fully saturated rings. The molecule has 0 aromatic carbocycles. The van der Waals surface area contributed by atoms with Gasteiger partial charge in [0, 0.05) is 10.5 Å². The number of hydrogen-bond donors (Lipinski definition) is 0. The quantitative estimate of drug-likeness (QED) is 0.352. The highest BCUT2D eigenvalue weighted by atomic mass is 33.1. The summed E-state index contributed by atoms with van der Waals surface area (Å²) >= 11 is 0. The highest BCUT2D eigenvalue weighted by Gasteiger charge is 2.10. The maximum atomic E-state index is 4.08. The molecule has 0 rings (SSSR count). The molecule has 0 radical (unpaired) electrons. The molecule has 0 saturated carbocycles. The van der Waals surface area contributed by atoms with Gasteiger partial charge in [-0.1, -0.05) is 68.4 Å². The maximum absolute atomic E-state index is 4.08. The molecule has 0 N–H and O–H groups in total. The number of hydrogen-bond acceptors (Lipinski definition) is 2. The molecule has 2 heteroatoms. The van der Waals surface area contributed by atoms with Crippen molar-refractivity contribution in [3.8, 4) is 0 Å². The fourth-order valence-corrected chi connectivity index (χ4v) is 3.23. The molecule has 0 aliphatic rings. The van der Waals surface area contributed by atoms with Gasteiger partial charge in [-0.25, -0.2) is 0 Å². The van der Waals surface area contributed by atoms with Gasteiger partial charge < -0.3 is 0 Å². The molecule has 0 bridgehead atoms. The summed E-state index contributed by atoms with van der Waals surface area (Å²) in [6.07, 6.45) is 2.46. The van der Waals surface area contributed by atoms with Crippen LogP contribution in [0.1, 0.15) is 47.5 Å². The zero-order valence-electron chi connectivity index (χ0n) is 10.2. The molecule has 0 atom stereocenters. The topological polar surface area (TPSA) is 0 Å². The molecular formula is C12H24S2. The van der Waals surface area contributed by atoms with E-state index in [0.717, 1.165) is 0 Å². The first kappa shape index (κ1) is 14.4. The Bertz CT molecular complexity index is 166. The summed E-state index contributed by atoms with van der Waals surface area (Å²) < 4.78 is 0.389. The molecule has 0 unspecified atom stereocenters. The Balaban J connectivity index is 3.35. The number of allylic oxidation sites excluding steroid dienone is 1. The lowest BCUT2D eigenvalue weighted by Gasteiger charge is -2.16. The van der Waals surface area contributed by atoms with Gasteiger partial charge in [0.15, 0.2) is 0 Å². The molecule has 0 amide bonds. The highest BCUT2D eigenvalue weighted by Crippen LogP contribution is 2.35. The minimum Gasteiger partial charge on any atom is -0.0996 e. The van der Waals surface area contributed by atoms with E-state index in [1.54, 1.807) is 0 Å². The molecule has 0 aromatic heterocycles. The summed E-state index contributed by atoms with van der Waals surface area (Å²) in [5, 5.41) is 0. The molecule has 0 aliphatic heterocycles. The summed E-state index contributed by atoms with van der Waals surface area (Å²) in [5.41, 5.74) is 1.39. The van der Waals surface area contributed by atoms with Crippen LogP contribution in [0.2, 0.25) is 0 Å². The standard InChI is InChI=1S/C12H24S2/c1-10(2)11(3)8-7-9-13-14-12(4,5)6/h10H,3,7-9H2,1-2,4-6H3. The van der Waals surface area contributed by atoms with Crippen molar-refractivity contribution in [2.24, 2.45) is 5.92 Å². The van der Waals surface area contributed by atoms with E-state index in [4.69, 9.17) is 0 Å². The first-order valence-electron chi connectivity index (χ1n) is 5.31. The van der Waals surface area contributed by atoms with Crippen molar-refractivity contribution < 1.29 is 0 Å². The Kier molecular flexibility index (Phi) is 7.05. The van der Waals surface area contributed by atoms with E-state index in [1.807, 2.05) is 21.6 Å². The van der Waals surface area contributed by atoms with Crippen molar-refractivity contribution in [2.75, 3.05) is 5.75 Å². The fourth-order valence-electron chi connectivity index (χ4n) is 0.865. The fraction of sp³-hybridized carbons (Fsp3) is 0.833. The van der Waals surface area contributed by atoms with Crippen LogP contribution < -0.4 is 0 Å². The van der Waals surface area contributed by atoms with Crippen LogP contribution >= 0.6 is 21.6 Å².